The van der Waals surface area contributed by atoms with Gasteiger partial charge < -0.3 is 14.6 Å². The molecule has 1 heterocycles. The number of rotatable bonds is 6. The van der Waals surface area contributed by atoms with Gasteiger partial charge in [-0.3, -0.25) is 14.5 Å². The predicted molar refractivity (Wildman–Crippen MR) is 146 cm³/mol. The van der Waals surface area contributed by atoms with Gasteiger partial charge in [0.05, 0.1) is 30.9 Å². The number of halogens is 3. The summed E-state index contributed by atoms with van der Waals surface area (Å²) in [6.45, 7) is 8.19. The van der Waals surface area contributed by atoms with Gasteiger partial charge in [-0.1, -0.05) is 39.0 Å². The van der Waals surface area contributed by atoms with Gasteiger partial charge in [-0.15, -0.1) is 0 Å². The molecule has 1 atom stereocenters. The lowest BCUT2D eigenvalue weighted by Gasteiger charge is -2.26. The molecule has 40 heavy (non-hydrogen) atoms. The molecular formula is C31H30F3NO5. The van der Waals surface area contributed by atoms with Crippen LogP contribution < -0.4 is 14.4 Å². The number of alkyl halides is 3. The summed E-state index contributed by atoms with van der Waals surface area (Å²) in [6, 6.07) is 14.4. The van der Waals surface area contributed by atoms with Crippen molar-refractivity contribution in [3.63, 3.8) is 0 Å². The minimum absolute atomic E-state index is 0.126. The van der Waals surface area contributed by atoms with E-state index in [1.807, 2.05) is 27.7 Å². The molecule has 0 radical (unpaired) electrons. The number of benzene rings is 3. The van der Waals surface area contributed by atoms with Crippen LogP contribution in [0.5, 0.6) is 11.5 Å². The number of ketones is 1. The number of amides is 1. The van der Waals surface area contributed by atoms with E-state index < -0.39 is 35.2 Å². The number of aliphatic hydroxyl groups is 1. The first-order chi connectivity index (χ1) is 18.8. The average molecular weight is 554 g/mol. The van der Waals surface area contributed by atoms with E-state index in [0.717, 1.165) is 22.6 Å². The van der Waals surface area contributed by atoms with Crippen LogP contribution in [0.1, 0.15) is 56.0 Å². The Hall–Kier alpha value is -4.27. The Morgan fingerprint density at radius 1 is 0.975 bits per heavy atom. The number of hydrogen-bond donors (Lipinski definition) is 1. The van der Waals surface area contributed by atoms with E-state index in [9.17, 15) is 27.9 Å². The third-order valence-corrected chi connectivity index (χ3v) is 6.69. The van der Waals surface area contributed by atoms with E-state index in [4.69, 9.17) is 9.47 Å². The minimum Gasteiger partial charge on any atom is -0.507 e. The lowest BCUT2D eigenvalue weighted by Crippen LogP contribution is -2.29. The molecule has 0 bridgehead atoms. The van der Waals surface area contributed by atoms with Gasteiger partial charge in [-0.05, 0) is 66.4 Å². The van der Waals surface area contributed by atoms with Crippen molar-refractivity contribution in [2.24, 2.45) is 0 Å². The van der Waals surface area contributed by atoms with Crippen LogP contribution in [0.2, 0.25) is 0 Å². The number of methoxy groups -OCH3 is 1. The molecule has 0 aliphatic carbocycles. The van der Waals surface area contributed by atoms with Gasteiger partial charge in [0.1, 0.15) is 17.3 Å². The average Bonchev–Trinajstić information content (AvgIpc) is 3.17. The maximum absolute atomic E-state index is 13.5. The zero-order chi connectivity index (χ0) is 29.4. The fourth-order valence-corrected chi connectivity index (χ4v) is 4.73. The normalized spacial score (nSPS) is 17.3. The van der Waals surface area contributed by atoms with Gasteiger partial charge in [-0.25, -0.2) is 0 Å². The summed E-state index contributed by atoms with van der Waals surface area (Å²) in [4.78, 5) is 27.8. The Morgan fingerprint density at radius 3 is 2.23 bits per heavy atom. The van der Waals surface area contributed by atoms with Crippen LogP contribution in [0.3, 0.4) is 0 Å². The summed E-state index contributed by atoms with van der Waals surface area (Å²) in [7, 11) is 1.47. The molecule has 1 amide bonds. The van der Waals surface area contributed by atoms with Crippen molar-refractivity contribution in [1.29, 1.82) is 0 Å². The molecule has 4 rings (SSSR count). The second-order valence-electron chi connectivity index (χ2n) is 10.4. The summed E-state index contributed by atoms with van der Waals surface area (Å²) in [5, 5.41) is 11.5. The van der Waals surface area contributed by atoms with E-state index in [0.29, 0.717) is 23.7 Å². The van der Waals surface area contributed by atoms with Crippen LogP contribution in [0.25, 0.3) is 5.76 Å². The number of carbonyl (C=O) groups is 2. The molecule has 1 aliphatic rings. The molecular weight excluding hydrogens is 523 g/mol. The molecule has 9 heteroatoms. The summed E-state index contributed by atoms with van der Waals surface area (Å²) < 4.78 is 51.6. The summed E-state index contributed by atoms with van der Waals surface area (Å²) in [6.07, 6.45) is -4.66. The SMILES string of the molecule is CCOc1ccc(/C(O)=C2/C(=O)C(=O)N(c3cccc(C(F)(F)F)c3)C2c2ccc(OC)cc2)cc1C(C)(C)C. The lowest BCUT2D eigenvalue weighted by molar-refractivity contribution is -0.137. The molecule has 1 N–H and O–H groups in total. The smallest absolute Gasteiger partial charge is 0.416 e. The van der Waals surface area contributed by atoms with E-state index in [1.165, 1.54) is 19.2 Å². The van der Waals surface area contributed by atoms with Gasteiger partial charge in [0.15, 0.2) is 0 Å². The first kappa shape index (κ1) is 28.7. The highest BCUT2D eigenvalue weighted by molar-refractivity contribution is 6.51. The van der Waals surface area contributed by atoms with Gasteiger partial charge >= 0.3 is 6.18 Å². The van der Waals surface area contributed by atoms with Gasteiger partial charge in [0, 0.05) is 16.8 Å². The number of anilines is 1. The fourth-order valence-electron chi connectivity index (χ4n) is 4.73. The standard InChI is InChI=1S/C31H30F3NO5/c1-6-40-24-15-12-19(16-23(24)30(2,3)4)27(36)25-26(18-10-13-22(39-5)14-11-18)35(29(38)28(25)37)21-9-7-8-20(17-21)31(32,33)34/h7-17,26,36H,6H2,1-5H3/b27-25-. The molecule has 0 saturated carbocycles. The summed E-state index contributed by atoms with van der Waals surface area (Å²) in [5.41, 5.74) is -0.279. The van der Waals surface area contributed by atoms with Crippen molar-refractivity contribution < 1.29 is 37.3 Å². The molecule has 1 unspecified atom stereocenters. The highest BCUT2D eigenvalue weighted by atomic mass is 19.4. The monoisotopic (exact) mass is 553 g/mol. The van der Waals surface area contributed by atoms with Crippen LogP contribution in [-0.4, -0.2) is 30.5 Å². The van der Waals surface area contributed by atoms with Crippen molar-refractivity contribution >= 4 is 23.1 Å². The fraction of sp³-hybridized carbons (Fsp3) is 0.290. The third kappa shape index (κ3) is 5.41. The zero-order valence-corrected chi connectivity index (χ0v) is 22.8. The van der Waals surface area contributed by atoms with Crippen LogP contribution in [0.4, 0.5) is 18.9 Å². The van der Waals surface area contributed by atoms with E-state index in [2.05, 4.69) is 0 Å². The Morgan fingerprint density at radius 2 is 1.65 bits per heavy atom. The zero-order valence-electron chi connectivity index (χ0n) is 22.8. The molecule has 210 valence electrons. The Labute approximate surface area is 230 Å². The highest BCUT2D eigenvalue weighted by Gasteiger charge is 2.47. The minimum atomic E-state index is -4.66. The van der Waals surface area contributed by atoms with Crippen LogP contribution in [0, 0.1) is 0 Å². The maximum atomic E-state index is 13.5. The van der Waals surface area contributed by atoms with Crippen LogP contribution in [-0.2, 0) is 21.2 Å². The molecule has 1 aliphatic heterocycles. The number of Topliss-reactive ketones (excluding diaryl/α,β-unsaturated/α-hetero) is 1. The molecule has 0 aromatic heterocycles. The second-order valence-corrected chi connectivity index (χ2v) is 10.4. The highest BCUT2D eigenvalue weighted by Crippen LogP contribution is 2.44. The maximum Gasteiger partial charge on any atom is 0.416 e. The molecule has 3 aromatic carbocycles. The van der Waals surface area contributed by atoms with Crippen LogP contribution >= 0.6 is 0 Å². The van der Waals surface area contributed by atoms with Crippen LogP contribution in [0.15, 0.2) is 72.3 Å². The number of ether oxygens (including phenoxy) is 2. The predicted octanol–water partition coefficient (Wildman–Crippen LogP) is 7.04. The quantitative estimate of drug-likeness (QED) is 0.201. The van der Waals surface area contributed by atoms with E-state index >= 15 is 0 Å². The van der Waals surface area contributed by atoms with Crippen molar-refractivity contribution in [1.82, 2.24) is 0 Å². The molecule has 0 spiro atoms. The Kier molecular flexibility index (Phi) is 7.70. The third-order valence-electron chi connectivity index (χ3n) is 6.69. The molecule has 6 nitrogen and oxygen atoms in total. The second kappa shape index (κ2) is 10.7. The largest absolute Gasteiger partial charge is 0.507 e. The topological polar surface area (TPSA) is 76.1 Å². The molecule has 1 saturated heterocycles. The Bertz CT molecular complexity index is 1470. The number of nitrogens with zero attached hydrogens (tertiary/aromatic N) is 1. The lowest BCUT2D eigenvalue weighted by atomic mass is 9.84. The van der Waals surface area contributed by atoms with Gasteiger partial charge in [-0.2, -0.15) is 13.2 Å². The Balaban J connectivity index is 1.96. The number of carbonyl (C=O) groups excluding carboxylic acids is 2. The first-order valence-corrected chi connectivity index (χ1v) is 12.7. The van der Waals surface area contributed by atoms with E-state index in [1.54, 1.807) is 42.5 Å². The van der Waals surface area contributed by atoms with E-state index in [-0.39, 0.29) is 22.2 Å². The van der Waals surface area contributed by atoms with Crippen molar-refractivity contribution in [3.05, 3.63) is 94.6 Å². The van der Waals surface area contributed by atoms with Gasteiger partial charge in [0.25, 0.3) is 11.7 Å². The number of hydrogen-bond acceptors (Lipinski definition) is 5. The summed E-state index contributed by atoms with van der Waals surface area (Å²) in [5.74, 6) is -1.39. The molecule has 3 aromatic rings. The van der Waals surface area contributed by atoms with Crippen molar-refractivity contribution in [3.8, 4) is 11.5 Å². The van der Waals surface area contributed by atoms with Crippen molar-refractivity contribution in [2.45, 2.75) is 45.3 Å². The molecule has 1 fully saturated rings. The first-order valence-electron chi connectivity index (χ1n) is 12.7. The number of aliphatic hydroxyl groups excluding tert-OH is 1. The van der Waals surface area contributed by atoms with Gasteiger partial charge in [0.2, 0.25) is 0 Å². The summed E-state index contributed by atoms with van der Waals surface area (Å²) >= 11 is 0. The van der Waals surface area contributed by atoms with Crippen molar-refractivity contribution in [2.75, 3.05) is 18.6 Å².